The van der Waals surface area contributed by atoms with Gasteiger partial charge in [0.15, 0.2) is 0 Å². The van der Waals surface area contributed by atoms with E-state index < -0.39 is 0 Å². The van der Waals surface area contributed by atoms with Crippen molar-refractivity contribution in [3.63, 3.8) is 0 Å². The molecule has 0 unspecified atom stereocenters. The Bertz CT molecular complexity index is 503. The Morgan fingerprint density at radius 2 is 2.10 bits per heavy atom. The standard InChI is InChI=1S/C16H21FN2O2/c17-15-3-1-2-13(10-15)14-4-5-18(11-14)12-16(20)19-6-8-21-9-7-19/h1-3,10,14H,4-9,11-12H2/t14-/m1/s1. The third kappa shape index (κ3) is 3.60. The topological polar surface area (TPSA) is 32.8 Å². The Balaban J connectivity index is 1.53. The molecule has 1 aromatic carbocycles. The van der Waals surface area contributed by atoms with Gasteiger partial charge in [-0.3, -0.25) is 9.69 Å². The van der Waals surface area contributed by atoms with Gasteiger partial charge in [0.25, 0.3) is 0 Å². The molecule has 0 bridgehead atoms. The van der Waals surface area contributed by atoms with E-state index in [1.807, 2.05) is 11.0 Å². The molecule has 2 aliphatic rings. The molecule has 2 heterocycles. The summed E-state index contributed by atoms with van der Waals surface area (Å²) in [5.41, 5.74) is 1.04. The predicted molar refractivity (Wildman–Crippen MR) is 77.6 cm³/mol. The van der Waals surface area contributed by atoms with Crippen molar-refractivity contribution in [1.29, 1.82) is 0 Å². The molecular weight excluding hydrogens is 271 g/mol. The molecular formula is C16H21FN2O2. The summed E-state index contributed by atoms with van der Waals surface area (Å²) in [6.45, 7) is 4.86. The number of carbonyl (C=O) groups is 1. The van der Waals surface area contributed by atoms with Crippen LogP contribution in [0.1, 0.15) is 17.9 Å². The second kappa shape index (κ2) is 6.54. The van der Waals surface area contributed by atoms with E-state index in [4.69, 9.17) is 4.74 Å². The maximum atomic E-state index is 13.3. The number of morpholine rings is 1. The van der Waals surface area contributed by atoms with Crippen LogP contribution in [0.15, 0.2) is 24.3 Å². The lowest BCUT2D eigenvalue weighted by molar-refractivity contribution is -0.136. The summed E-state index contributed by atoms with van der Waals surface area (Å²) in [5.74, 6) is 0.326. The summed E-state index contributed by atoms with van der Waals surface area (Å²) in [4.78, 5) is 16.3. The summed E-state index contributed by atoms with van der Waals surface area (Å²) in [6.07, 6.45) is 0.986. The van der Waals surface area contributed by atoms with Gasteiger partial charge in [-0.25, -0.2) is 4.39 Å². The molecule has 0 aliphatic carbocycles. The van der Waals surface area contributed by atoms with Gasteiger partial charge >= 0.3 is 0 Å². The fraction of sp³-hybridized carbons (Fsp3) is 0.562. The number of likely N-dealkylation sites (tertiary alicyclic amines) is 1. The molecule has 5 heteroatoms. The Kier molecular flexibility index (Phi) is 4.51. The quantitative estimate of drug-likeness (QED) is 0.846. The van der Waals surface area contributed by atoms with Gasteiger partial charge in [0.05, 0.1) is 19.8 Å². The van der Waals surface area contributed by atoms with E-state index in [1.54, 1.807) is 12.1 Å². The van der Waals surface area contributed by atoms with Gasteiger partial charge in [-0.1, -0.05) is 12.1 Å². The minimum absolute atomic E-state index is 0.179. The summed E-state index contributed by atoms with van der Waals surface area (Å²) in [5, 5.41) is 0. The fourth-order valence-electron chi connectivity index (χ4n) is 3.11. The Morgan fingerprint density at radius 1 is 1.29 bits per heavy atom. The van der Waals surface area contributed by atoms with Crippen LogP contribution < -0.4 is 0 Å². The van der Waals surface area contributed by atoms with Crippen molar-refractivity contribution in [2.45, 2.75) is 12.3 Å². The van der Waals surface area contributed by atoms with Crippen molar-refractivity contribution in [2.75, 3.05) is 45.9 Å². The van der Waals surface area contributed by atoms with Crippen molar-refractivity contribution in [3.05, 3.63) is 35.6 Å². The number of nitrogens with zero attached hydrogens (tertiary/aromatic N) is 2. The van der Waals surface area contributed by atoms with E-state index >= 15 is 0 Å². The van der Waals surface area contributed by atoms with Gasteiger partial charge in [-0.15, -0.1) is 0 Å². The first-order chi connectivity index (χ1) is 10.2. The van der Waals surface area contributed by atoms with Crippen LogP contribution in [-0.2, 0) is 9.53 Å². The van der Waals surface area contributed by atoms with Gasteiger partial charge in [0.2, 0.25) is 5.91 Å². The van der Waals surface area contributed by atoms with Crippen molar-refractivity contribution < 1.29 is 13.9 Å². The molecule has 4 nitrogen and oxygen atoms in total. The summed E-state index contributed by atoms with van der Waals surface area (Å²) in [7, 11) is 0. The Morgan fingerprint density at radius 3 is 2.86 bits per heavy atom. The van der Waals surface area contributed by atoms with E-state index in [2.05, 4.69) is 4.90 Å². The van der Waals surface area contributed by atoms with Crippen LogP contribution in [0.25, 0.3) is 0 Å². The molecule has 0 N–H and O–H groups in total. The highest BCUT2D eigenvalue weighted by Crippen LogP contribution is 2.27. The zero-order valence-corrected chi connectivity index (χ0v) is 12.1. The van der Waals surface area contributed by atoms with Crippen molar-refractivity contribution >= 4 is 5.91 Å². The van der Waals surface area contributed by atoms with Crippen LogP contribution in [0.3, 0.4) is 0 Å². The van der Waals surface area contributed by atoms with Crippen LogP contribution in [-0.4, -0.2) is 61.6 Å². The van der Waals surface area contributed by atoms with E-state index in [1.165, 1.54) is 6.07 Å². The lowest BCUT2D eigenvalue weighted by Gasteiger charge is -2.28. The number of carbonyl (C=O) groups excluding carboxylic acids is 1. The monoisotopic (exact) mass is 292 g/mol. The third-order valence-corrected chi connectivity index (χ3v) is 4.32. The Labute approximate surface area is 124 Å². The first-order valence-corrected chi connectivity index (χ1v) is 7.56. The van der Waals surface area contributed by atoms with Crippen LogP contribution in [0.5, 0.6) is 0 Å². The first-order valence-electron chi connectivity index (χ1n) is 7.56. The first kappa shape index (κ1) is 14.5. The number of ether oxygens (including phenoxy) is 1. The normalized spacial score (nSPS) is 23.5. The molecule has 1 atom stereocenters. The van der Waals surface area contributed by atoms with Crippen LogP contribution in [0.2, 0.25) is 0 Å². The molecule has 2 saturated heterocycles. The van der Waals surface area contributed by atoms with E-state index in [0.717, 1.165) is 25.1 Å². The molecule has 2 fully saturated rings. The Hall–Kier alpha value is -1.46. The van der Waals surface area contributed by atoms with Crippen LogP contribution in [0.4, 0.5) is 4.39 Å². The number of hydrogen-bond acceptors (Lipinski definition) is 3. The van der Waals surface area contributed by atoms with E-state index in [-0.39, 0.29) is 11.7 Å². The van der Waals surface area contributed by atoms with Crippen molar-refractivity contribution in [3.8, 4) is 0 Å². The molecule has 0 saturated carbocycles. The zero-order chi connectivity index (χ0) is 14.7. The molecule has 114 valence electrons. The van der Waals surface area contributed by atoms with Gasteiger partial charge in [0, 0.05) is 19.6 Å². The number of rotatable bonds is 3. The second-order valence-electron chi connectivity index (χ2n) is 5.77. The number of halogens is 1. The summed E-state index contributed by atoms with van der Waals surface area (Å²) >= 11 is 0. The third-order valence-electron chi connectivity index (χ3n) is 4.32. The minimum Gasteiger partial charge on any atom is -0.378 e. The maximum absolute atomic E-state index is 13.3. The van der Waals surface area contributed by atoms with E-state index in [0.29, 0.717) is 38.8 Å². The highest BCUT2D eigenvalue weighted by molar-refractivity contribution is 5.78. The van der Waals surface area contributed by atoms with Gasteiger partial charge in [0.1, 0.15) is 5.82 Å². The second-order valence-corrected chi connectivity index (χ2v) is 5.77. The van der Waals surface area contributed by atoms with Gasteiger partial charge in [-0.2, -0.15) is 0 Å². The molecule has 2 aliphatic heterocycles. The summed E-state index contributed by atoms with van der Waals surface area (Å²) in [6, 6.07) is 6.81. The van der Waals surface area contributed by atoms with Gasteiger partial charge < -0.3 is 9.64 Å². The minimum atomic E-state index is -0.185. The highest BCUT2D eigenvalue weighted by Gasteiger charge is 2.27. The lowest BCUT2D eigenvalue weighted by Crippen LogP contribution is -2.45. The van der Waals surface area contributed by atoms with Gasteiger partial charge in [-0.05, 0) is 36.6 Å². The summed E-state index contributed by atoms with van der Waals surface area (Å²) < 4.78 is 18.5. The SMILES string of the molecule is O=C(CN1CC[C@@H](c2cccc(F)c2)C1)N1CCOCC1. The average Bonchev–Trinajstić information content (AvgIpc) is 2.97. The highest BCUT2D eigenvalue weighted by atomic mass is 19.1. The van der Waals surface area contributed by atoms with Crippen LogP contribution in [0, 0.1) is 5.82 Å². The molecule has 0 aromatic heterocycles. The molecule has 1 aromatic rings. The number of hydrogen-bond donors (Lipinski definition) is 0. The maximum Gasteiger partial charge on any atom is 0.236 e. The average molecular weight is 292 g/mol. The number of benzene rings is 1. The molecule has 0 radical (unpaired) electrons. The van der Waals surface area contributed by atoms with Crippen molar-refractivity contribution in [2.24, 2.45) is 0 Å². The smallest absolute Gasteiger partial charge is 0.236 e. The molecule has 3 rings (SSSR count). The van der Waals surface area contributed by atoms with E-state index in [9.17, 15) is 9.18 Å². The van der Waals surface area contributed by atoms with Crippen LogP contribution >= 0.6 is 0 Å². The predicted octanol–water partition coefficient (Wildman–Crippen LogP) is 1.47. The van der Waals surface area contributed by atoms with Crippen molar-refractivity contribution in [1.82, 2.24) is 9.80 Å². The zero-order valence-electron chi connectivity index (χ0n) is 12.1. The fourth-order valence-corrected chi connectivity index (χ4v) is 3.11. The molecule has 1 amide bonds. The molecule has 0 spiro atoms. The lowest BCUT2D eigenvalue weighted by atomic mass is 9.98. The largest absolute Gasteiger partial charge is 0.378 e. The molecule has 21 heavy (non-hydrogen) atoms. The number of amides is 1.